The van der Waals surface area contributed by atoms with Crippen molar-refractivity contribution in [2.24, 2.45) is 5.14 Å². The Hall–Kier alpha value is -2.23. The summed E-state index contributed by atoms with van der Waals surface area (Å²) in [6, 6.07) is 9.01. The zero-order valence-electron chi connectivity index (χ0n) is 17.9. The van der Waals surface area contributed by atoms with Gasteiger partial charge in [-0.1, -0.05) is 18.7 Å². The summed E-state index contributed by atoms with van der Waals surface area (Å²) in [6.07, 6.45) is 2.00. The molecule has 0 aliphatic carbocycles. The van der Waals surface area contributed by atoms with Crippen LogP contribution < -0.4 is 14.6 Å². The molecule has 0 bridgehead atoms. The maximum Gasteiger partial charge on any atom is 0.238 e. The molecule has 0 fully saturated rings. The highest BCUT2D eigenvalue weighted by molar-refractivity contribution is 7.98. The molecule has 1 unspecified atom stereocenters. The molecule has 7 nitrogen and oxygen atoms in total. The molecule has 4 rings (SSSR count). The van der Waals surface area contributed by atoms with E-state index in [9.17, 15) is 8.42 Å². The van der Waals surface area contributed by atoms with Crippen molar-refractivity contribution in [2.45, 2.75) is 62.1 Å². The number of hydrogen-bond acceptors (Lipinski definition) is 6. The number of nitrogens with zero attached hydrogens (tertiary/aromatic N) is 2. The highest BCUT2D eigenvalue weighted by atomic mass is 32.2. The van der Waals surface area contributed by atoms with E-state index in [2.05, 4.69) is 30.5 Å². The zero-order chi connectivity index (χ0) is 22.2. The largest absolute Gasteiger partial charge is 0.494 e. The Kier molecular flexibility index (Phi) is 6.18. The van der Waals surface area contributed by atoms with Crippen molar-refractivity contribution in [3.63, 3.8) is 0 Å². The van der Waals surface area contributed by atoms with Gasteiger partial charge in [0.15, 0.2) is 5.16 Å². The summed E-state index contributed by atoms with van der Waals surface area (Å²) >= 11 is 1.60. The standard InChI is InChI=1S/C22H27N3O4S2/c1-4-8-25-19-7-6-17(31(23,26)27)12-18(19)24-22(25)30-13-16-11-21-15(9-14(3)29-21)10-20(16)28-5-2/h6-7,10-12,14H,4-5,8-9,13H2,1-3H3,(H2,23,26,27). The van der Waals surface area contributed by atoms with Crippen LogP contribution in [0.4, 0.5) is 0 Å². The number of fused-ring (bicyclic) bond motifs is 2. The molecule has 0 saturated carbocycles. The molecular formula is C22H27N3O4S2. The predicted molar refractivity (Wildman–Crippen MR) is 122 cm³/mol. The van der Waals surface area contributed by atoms with E-state index in [1.165, 1.54) is 17.7 Å². The average Bonchev–Trinajstić information content (AvgIpc) is 3.24. The Balaban J connectivity index is 1.67. The van der Waals surface area contributed by atoms with Crippen LogP contribution in [0.15, 0.2) is 40.4 Å². The quantitative estimate of drug-likeness (QED) is 0.507. The van der Waals surface area contributed by atoms with E-state index in [1.54, 1.807) is 17.8 Å². The van der Waals surface area contributed by atoms with Gasteiger partial charge in [-0.05, 0) is 50.6 Å². The van der Waals surface area contributed by atoms with Gasteiger partial charge >= 0.3 is 0 Å². The van der Waals surface area contributed by atoms with Gasteiger partial charge in [0.25, 0.3) is 0 Å². The minimum Gasteiger partial charge on any atom is -0.494 e. The van der Waals surface area contributed by atoms with Crippen LogP contribution in [-0.4, -0.2) is 30.7 Å². The van der Waals surface area contributed by atoms with Gasteiger partial charge in [0, 0.05) is 29.8 Å². The van der Waals surface area contributed by atoms with Crippen molar-refractivity contribution in [3.05, 3.63) is 41.5 Å². The molecule has 1 aromatic heterocycles. The number of benzene rings is 2. The minimum atomic E-state index is -3.77. The zero-order valence-corrected chi connectivity index (χ0v) is 19.6. The Morgan fingerprint density at radius 2 is 2.10 bits per heavy atom. The average molecular weight is 462 g/mol. The fourth-order valence-corrected chi connectivity index (χ4v) is 5.39. The number of nitrogens with two attached hydrogens (primary N) is 1. The van der Waals surface area contributed by atoms with Crippen LogP contribution in [0.1, 0.15) is 38.3 Å². The first-order chi connectivity index (χ1) is 14.8. The molecule has 2 aromatic carbocycles. The van der Waals surface area contributed by atoms with Gasteiger partial charge in [0.2, 0.25) is 10.0 Å². The number of aromatic nitrogens is 2. The van der Waals surface area contributed by atoms with Crippen molar-refractivity contribution < 1.29 is 17.9 Å². The van der Waals surface area contributed by atoms with Gasteiger partial charge in [0.05, 0.1) is 22.5 Å². The Bertz CT molecular complexity index is 1220. The Morgan fingerprint density at radius 3 is 2.81 bits per heavy atom. The van der Waals surface area contributed by atoms with Gasteiger partial charge in [-0.2, -0.15) is 0 Å². The predicted octanol–water partition coefficient (Wildman–Crippen LogP) is 4.11. The SMILES string of the molecule is CCCn1c(SCc2cc3c(cc2OCC)CC(C)O3)nc2cc(S(N)(=O)=O)ccc21. The van der Waals surface area contributed by atoms with Crippen molar-refractivity contribution in [2.75, 3.05) is 6.61 Å². The summed E-state index contributed by atoms with van der Waals surface area (Å²) in [5.41, 5.74) is 3.75. The van der Waals surface area contributed by atoms with E-state index < -0.39 is 10.0 Å². The highest BCUT2D eigenvalue weighted by Crippen LogP contribution is 2.38. The highest BCUT2D eigenvalue weighted by Gasteiger charge is 2.22. The summed E-state index contributed by atoms with van der Waals surface area (Å²) in [7, 11) is -3.77. The van der Waals surface area contributed by atoms with Gasteiger partial charge in [-0.3, -0.25) is 0 Å². The molecule has 166 valence electrons. The molecule has 3 aromatic rings. The van der Waals surface area contributed by atoms with E-state index in [0.717, 1.165) is 47.1 Å². The van der Waals surface area contributed by atoms with Crippen LogP contribution in [0.3, 0.4) is 0 Å². The van der Waals surface area contributed by atoms with Crippen LogP contribution in [0, 0.1) is 0 Å². The Morgan fingerprint density at radius 1 is 1.29 bits per heavy atom. The van der Waals surface area contributed by atoms with E-state index in [4.69, 9.17) is 19.6 Å². The first-order valence-electron chi connectivity index (χ1n) is 10.4. The number of hydrogen-bond donors (Lipinski definition) is 1. The summed E-state index contributed by atoms with van der Waals surface area (Å²) < 4.78 is 37.4. The molecule has 1 atom stereocenters. The molecule has 2 heterocycles. The second-order valence-corrected chi connectivity index (χ2v) is 10.2. The number of thioether (sulfide) groups is 1. The maximum absolute atomic E-state index is 11.7. The summed E-state index contributed by atoms with van der Waals surface area (Å²) in [5, 5.41) is 6.13. The van der Waals surface area contributed by atoms with Crippen molar-refractivity contribution in [1.29, 1.82) is 0 Å². The van der Waals surface area contributed by atoms with Crippen LogP contribution in [-0.2, 0) is 28.7 Å². The summed E-state index contributed by atoms with van der Waals surface area (Å²) in [5.74, 6) is 2.46. The first kappa shape index (κ1) is 22.0. The molecule has 9 heteroatoms. The van der Waals surface area contributed by atoms with Crippen molar-refractivity contribution in [3.8, 4) is 11.5 Å². The van der Waals surface area contributed by atoms with Gasteiger partial charge in [-0.15, -0.1) is 0 Å². The lowest BCUT2D eigenvalue weighted by Crippen LogP contribution is -2.11. The third kappa shape index (κ3) is 4.53. The monoisotopic (exact) mass is 461 g/mol. The fraction of sp³-hybridized carbons (Fsp3) is 0.409. The smallest absolute Gasteiger partial charge is 0.238 e. The third-order valence-corrected chi connectivity index (χ3v) is 7.13. The van der Waals surface area contributed by atoms with E-state index >= 15 is 0 Å². The number of imidazole rings is 1. The number of primary sulfonamides is 1. The lowest BCUT2D eigenvalue weighted by atomic mass is 10.1. The van der Waals surface area contributed by atoms with Crippen LogP contribution in [0.25, 0.3) is 11.0 Å². The number of sulfonamides is 1. The molecule has 1 aliphatic rings. The molecule has 0 amide bonds. The van der Waals surface area contributed by atoms with E-state index in [0.29, 0.717) is 17.9 Å². The number of ether oxygens (including phenoxy) is 2. The maximum atomic E-state index is 11.7. The normalized spacial score (nSPS) is 15.8. The number of aryl methyl sites for hydroxylation is 1. The van der Waals surface area contributed by atoms with Crippen LogP contribution >= 0.6 is 11.8 Å². The van der Waals surface area contributed by atoms with Crippen LogP contribution in [0.5, 0.6) is 11.5 Å². The van der Waals surface area contributed by atoms with E-state index in [1.807, 2.05) is 6.92 Å². The second-order valence-electron chi connectivity index (χ2n) is 7.66. The lowest BCUT2D eigenvalue weighted by molar-refractivity contribution is 0.254. The van der Waals surface area contributed by atoms with Crippen LogP contribution in [0.2, 0.25) is 0 Å². The number of rotatable bonds is 8. The molecule has 0 spiro atoms. The molecule has 0 radical (unpaired) electrons. The molecule has 2 N–H and O–H groups in total. The van der Waals surface area contributed by atoms with Gasteiger partial charge in [-0.25, -0.2) is 18.5 Å². The molecular weight excluding hydrogens is 434 g/mol. The minimum absolute atomic E-state index is 0.0706. The van der Waals surface area contributed by atoms with Gasteiger partial charge < -0.3 is 14.0 Å². The first-order valence-corrected chi connectivity index (χ1v) is 12.9. The fourth-order valence-electron chi connectivity index (χ4n) is 3.84. The summed E-state index contributed by atoms with van der Waals surface area (Å²) in [4.78, 5) is 4.79. The van der Waals surface area contributed by atoms with Crippen molar-refractivity contribution >= 4 is 32.8 Å². The molecule has 31 heavy (non-hydrogen) atoms. The topological polar surface area (TPSA) is 96.4 Å². The van der Waals surface area contributed by atoms with Crippen molar-refractivity contribution in [1.82, 2.24) is 9.55 Å². The Labute approximate surface area is 187 Å². The lowest BCUT2D eigenvalue weighted by Gasteiger charge is -2.13. The molecule has 0 saturated heterocycles. The third-order valence-electron chi connectivity index (χ3n) is 5.20. The van der Waals surface area contributed by atoms with Gasteiger partial charge in [0.1, 0.15) is 17.6 Å². The molecule has 1 aliphatic heterocycles. The summed E-state index contributed by atoms with van der Waals surface area (Å²) in [6.45, 7) is 7.53. The second kappa shape index (κ2) is 8.72. The van der Waals surface area contributed by atoms with E-state index in [-0.39, 0.29) is 11.0 Å².